The minimum Gasteiger partial charge on any atom is -0.265 e. The summed E-state index contributed by atoms with van der Waals surface area (Å²) in [5.41, 5.74) is 0. The highest BCUT2D eigenvalue weighted by Gasteiger charge is 1.60. The first kappa shape index (κ1) is 27.5. The maximum Gasteiger partial charge on any atom is 0.0267 e. The lowest BCUT2D eigenvalue weighted by Gasteiger charge is -1.69. The highest BCUT2D eigenvalue weighted by Crippen LogP contribution is 1.82. The number of nitrogens with zero attached hydrogens (tertiary/aromatic N) is 1. The van der Waals surface area contributed by atoms with Gasteiger partial charge in [-0.1, -0.05) is 176 Å². The molecule has 0 N–H and O–H groups in total. The molecule has 0 spiro atoms. The molecule has 0 aliphatic heterocycles. The topological polar surface area (TPSA) is 12.9 Å². The molecule has 0 bridgehead atoms. The van der Waals surface area contributed by atoms with Gasteiger partial charge >= 0.3 is 0 Å². The smallest absolute Gasteiger partial charge is 0.0267 e. The lowest BCUT2D eigenvalue weighted by atomic mass is 10.4. The van der Waals surface area contributed by atoms with E-state index in [-0.39, 0.29) is 0 Å². The van der Waals surface area contributed by atoms with Gasteiger partial charge in [-0.25, -0.2) is 0 Å². The second-order valence-electron chi connectivity index (χ2n) is 6.41. The van der Waals surface area contributed by atoms with E-state index in [4.69, 9.17) is 0 Å². The fraction of sp³-hybridized carbons (Fsp3) is 0. The molecule has 0 unspecified atom stereocenters. The summed E-state index contributed by atoms with van der Waals surface area (Å²) in [6.45, 7) is 0. The van der Waals surface area contributed by atoms with Crippen molar-refractivity contribution in [2.45, 2.75) is 0 Å². The lowest BCUT2D eigenvalue weighted by molar-refractivity contribution is 1.35. The van der Waals surface area contributed by atoms with Crippen LogP contribution in [-0.2, 0) is 0 Å². The Kier molecular flexibility index (Phi) is 20.1. The summed E-state index contributed by atoms with van der Waals surface area (Å²) in [7, 11) is 0. The Morgan fingerprint density at radius 2 is 0.265 bits per heavy atom. The number of rotatable bonds is 0. The van der Waals surface area contributed by atoms with Crippen LogP contribution in [0.2, 0.25) is 0 Å². The molecule has 0 aliphatic rings. The van der Waals surface area contributed by atoms with Crippen molar-refractivity contribution in [3.05, 3.63) is 200 Å². The number of hydrogen-bond donors (Lipinski definition) is 0. The molecular weight excluding hydrogens is 410 g/mol. The van der Waals surface area contributed by atoms with Crippen LogP contribution in [-0.4, -0.2) is 4.98 Å². The molecule has 1 aromatic rings. The van der Waals surface area contributed by atoms with Gasteiger partial charge in [-0.15, -0.1) is 0 Å². The van der Waals surface area contributed by atoms with E-state index in [1.54, 1.807) is 12.4 Å². The van der Waals surface area contributed by atoms with Crippen LogP contribution in [0, 0.1) is 0 Å². The van der Waals surface area contributed by atoms with Crippen LogP contribution in [0.25, 0.3) is 0 Å². The SMILES string of the molecule is c1ccccccccccccccccncccccccccccccccc1. The minimum atomic E-state index is 1.75. The van der Waals surface area contributed by atoms with Gasteiger partial charge in [0.25, 0.3) is 0 Å². The average Bonchev–Trinajstić information content (AvgIpc) is 2.85. The molecule has 1 heterocycles. The van der Waals surface area contributed by atoms with Crippen molar-refractivity contribution in [3.63, 3.8) is 0 Å². The second-order valence-corrected chi connectivity index (χ2v) is 6.41. The van der Waals surface area contributed by atoms with E-state index in [0.29, 0.717) is 0 Å². The minimum absolute atomic E-state index is 1.75. The largest absolute Gasteiger partial charge is 0.265 e. The van der Waals surface area contributed by atoms with Crippen LogP contribution in [0.5, 0.6) is 0 Å². The molecule has 1 heteroatoms. The zero-order chi connectivity index (χ0) is 24.0. The third-order valence-corrected chi connectivity index (χ3v) is 3.68. The first-order valence-electron chi connectivity index (χ1n) is 11.2. The van der Waals surface area contributed by atoms with Crippen LogP contribution >= 0.6 is 0 Å². The molecule has 1 nitrogen and oxygen atoms in total. The maximum atomic E-state index is 4.18. The van der Waals surface area contributed by atoms with E-state index < -0.39 is 0 Å². The molecule has 0 amide bonds. The van der Waals surface area contributed by atoms with Gasteiger partial charge in [0.05, 0.1) is 0 Å². The molecule has 0 saturated carbocycles. The van der Waals surface area contributed by atoms with Crippen molar-refractivity contribution >= 4 is 0 Å². The monoisotopic (exact) mass is 443 g/mol. The van der Waals surface area contributed by atoms with Gasteiger partial charge in [-0.2, -0.15) is 0 Å². The Labute approximate surface area is 205 Å². The molecule has 34 heavy (non-hydrogen) atoms. The van der Waals surface area contributed by atoms with Gasteiger partial charge in [-0.3, -0.25) is 4.98 Å². The Morgan fingerprint density at radius 3 is 0.412 bits per heavy atom. The summed E-state index contributed by atoms with van der Waals surface area (Å²) >= 11 is 0. The molecule has 0 atom stereocenters. The fourth-order valence-corrected chi connectivity index (χ4v) is 2.11. The van der Waals surface area contributed by atoms with Gasteiger partial charge in [0, 0.05) is 12.4 Å². The molecule has 1 rings (SSSR count). The summed E-state index contributed by atoms with van der Waals surface area (Å²) < 4.78 is 0. The van der Waals surface area contributed by atoms with Crippen molar-refractivity contribution in [3.8, 4) is 0 Å². The van der Waals surface area contributed by atoms with Gasteiger partial charge < -0.3 is 0 Å². The standard InChI is InChI=1S/C33H33N/c1-2-4-6-8-10-12-14-16-18-20-22-24-26-28-30-32-34-33-31-29-27-25-23-21-19-17-15-13-11-9-7-5-3-1/h1-33H. The molecule has 0 radical (unpaired) electrons. The molecule has 1 aromatic heterocycles. The van der Waals surface area contributed by atoms with Crippen molar-refractivity contribution in [2.24, 2.45) is 0 Å². The zero-order valence-corrected chi connectivity index (χ0v) is 19.5. The third-order valence-electron chi connectivity index (χ3n) is 3.68. The Balaban J connectivity index is 3.00. The summed E-state index contributed by atoms with van der Waals surface area (Å²) in [5, 5.41) is 0. The second kappa shape index (κ2) is 24.8. The first-order chi connectivity index (χ1) is 17.0. The van der Waals surface area contributed by atoms with Gasteiger partial charge in [-0.05, 0) is 12.1 Å². The Hall–Kier alpha value is -4.49. The quantitative estimate of drug-likeness (QED) is 0.390. The van der Waals surface area contributed by atoms with E-state index in [1.165, 1.54) is 0 Å². The van der Waals surface area contributed by atoms with Crippen LogP contribution in [0.4, 0.5) is 0 Å². The number of aromatic nitrogens is 1. The van der Waals surface area contributed by atoms with E-state index >= 15 is 0 Å². The van der Waals surface area contributed by atoms with Gasteiger partial charge in [0.2, 0.25) is 0 Å². The number of hydrogen-bond acceptors (Lipinski definition) is 1. The highest BCUT2D eigenvalue weighted by atomic mass is 14.6. The van der Waals surface area contributed by atoms with Gasteiger partial charge in [0.1, 0.15) is 0 Å². The Morgan fingerprint density at radius 1 is 0.147 bits per heavy atom. The molecular formula is C33H33N. The van der Waals surface area contributed by atoms with E-state index in [0.717, 1.165) is 0 Å². The van der Waals surface area contributed by atoms with Gasteiger partial charge in [0.15, 0.2) is 0 Å². The average molecular weight is 444 g/mol. The van der Waals surface area contributed by atoms with Crippen molar-refractivity contribution in [1.29, 1.82) is 0 Å². The molecule has 0 fully saturated rings. The van der Waals surface area contributed by atoms with E-state index in [1.807, 2.05) is 188 Å². The maximum absolute atomic E-state index is 4.18. The summed E-state index contributed by atoms with van der Waals surface area (Å²) in [6, 6.07) is 61.3. The predicted molar refractivity (Wildman–Crippen MR) is 148 cm³/mol. The van der Waals surface area contributed by atoms with E-state index in [2.05, 4.69) is 4.98 Å². The molecule has 0 aromatic carbocycles. The van der Waals surface area contributed by atoms with Crippen molar-refractivity contribution in [1.82, 2.24) is 4.98 Å². The summed E-state index contributed by atoms with van der Waals surface area (Å²) in [4.78, 5) is 4.18. The summed E-state index contributed by atoms with van der Waals surface area (Å²) in [5.74, 6) is 0. The van der Waals surface area contributed by atoms with Crippen LogP contribution in [0.3, 0.4) is 0 Å². The van der Waals surface area contributed by atoms with Crippen LogP contribution in [0.15, 0.2) is 200 Å². The van der Waals surface area contributed by atoms with Crippen molar-refractivity contribution in [2.75, 3.05) is 0 Å². The van der Waals surface area contributed by atoms with Crippen LogP contribution < -0.4 is 0 Å². The Bertz CT molecular complexity index is 638. The fourth-order valence-electron chi connectivity index (χ4n) is 2.11. The molecule has 0 saturated heterocycles. The third kappa shape index (κ3) is 22.2. The van der Waals surface area contributed by atoms with Crippen LogP contribution in [0.1, 0.15) is 0 Å². The normalized spacial score (nSPS) is 8.00. The van der Waals surface area contributed by atoms with E-state index in [9.17, 15) is 0 Å². The van der Waals surface area contributed by atoms with Crippen molar-refractivity contribution < 1.29 is 0 Å². The zero-order valence-electron chi connectivity index (χ0n) is 19.5. The predicted octanol–water partition coefficient (Wildman–Crippen LogP) is 8.95. The molecule has 0 aliphatic carbocycles. The first-order valence-corrected chi connectivity index (χ1v) is 11.2. The lowest BCUT2D eigenvalue weighted by Crippen LogP contribution is -1.54. The molecule has 170 valence electrons. The highest BCUT2D eigenvalue weighted by molar-refractivity contribution is 5.00. The summed E-state index contributed by atoms with van der Waals surface area (Å²) in [6.07, 6.45) is 3.50.